The number of carbonyl (C=O) groups excluding carboxylic acids is 2. The molecule has 5 N–H and O–H groups in total. The van der Waals surface area contributed by atoms with Gasteiger partial charge in [0.25, 0.3) is 0 Å². The van der Waals surface area contributed by atoms with Crippen LogP contribution in [0.2, 0.25) is 0 Å². The smallest absolute Gasteiger partial charge is 0.326 e. The number of nitrogens with one attached hydrogen (secondary N) is 2. The summed E-state index contributed by atoms with van der Waals surface area (Å²) in [5, 5.41) is 33.8. The molecule has 0 saturated heterocycles. The monoisotopic (exact) mass is 590 g/mol. The lowest BCUT2D eigenvalue weighted by Crippen LogP contribution is -2.54. The van der Waals surface area contributed by atoms with Gasteiger partial charge < -0.3 is 26.0 Å². The molecule has 9 nitrogen and oxygen atoms in total. The van der Waals surface area contributed by atoms with Gasteiger partial charge in [-0.1, -0.05) is 27.7 Å². The lowest BCUT2D eigenvalue weighted by molar-refractivity contribution is -0.143. The van der Waals surface area contributed by atoms with E-state index in [0.29, 0.717) is 29.1 Å². The Morgan fingerprint density at radius 3 is 2.21 bits per heavy atom. The maximum atomic E-state index is 12.9. The molecule has 2 amide bonds. The van der Waals surface area contributed by atoms with E-state index in [1.165, 1.54) is 38.5 Å². The lowest BCUT2D eigenvalue weighted by Gasteiger charge is -2.61. The average Bonchev–Trinajstić information content (AvgIpc) is 3.25. The fraction of sp³-hybridized carbons (Fsp3) is 0.879. The van der Waals surface area contributed by atoms with E-state index in [2.05, 4.69) is 24.5 Å². The van der Waals surface area contributed by atoms with Crippen molar-refractivity contribution in [2.24, 2.45) is 46.3 Å². The molecular weight excluding hydrogens is 536 g/mol. The number of aliphatic hydroxyl groups is 1. The van der Waals surface area contributed by atoms with E-state index >= 15 is 0 Å². The second-order valence-corrected chi connectivity index (χ2v) is 14.9. The quantitative estimate of drug-likeness (QED) is 0.220. The largest absolute Gasteiger partial charge is 0.481 e. The molecule has 0 aromatic heterocycles. The summed E-state index contributed by atoms with van der Waals surface area (Å²) in [4.78, 5) is 48.1. The fourth-order valence-electron chi connectivity index (χ4n) is 9.89. The van der Waals surface area contributed by atoms with Crippen molar-refractivity contribution in [1.82, 2.24) is 10.6 Å². The number of carboxylic acids is 2. The topological polar surface area (TPSA) is 153 Å². The molecule has 4 rings (SSSR count). The first kappa shape index (κ1) is 32.7. The number of rotatable bonds is 12. The third-order valence-corrected chi connectivity index (χ3v) is 12.3. The van der Waals surface area contributed by atoms with Crippen LogP contribution in [-0.2, 0) is 19.2 Å². The molecule has 42 heavy (non-hydrogen) atoms. The summed E-state index contributed by atoms with van der Waals surface area (Å²) < 4.78 is 0. The second-order valence-electron chi connectivity index (χ2n) is 14.9. The Hall–Kier alpha value is -2.16. The lowest BCUT2D eigenvalue weighted by atomic mass is 9.44. The van der Waals surface area contributed by atoms with Crippen LogP contribution in [0, 0.1) is 46.3 Å². The predicted octanol–water partition coefficient (Wildman–Crippen LogP) is 4.75. The highest BCUT2D eigenvalue weighted by Gasteiger charge is 2.59. The van der Waals surface area contributed by atoms with Gasteiger partial charge in [-0.2, -0.15) is 0 Å². The van der Waals surface area contributed by atoms with Crippen molar-refractivity contribution >= 4 is 23.8 Å². The highest BCUT2D eigenvalue weighted by molar-refractivity contribution is 5.90. The van der Waals surface area contributed by atoms with Gasteiger partial charge in [0, 0.05) is 12.8 Å². The minimum absolute atomic E-state index is 0.114. The van der Waals surface area contributed by atoms with Crippen LogP contribution < -0.4 is 10.6 Å². The molecule has 0 aromatic rings. The number of amides is 2. The van der Waals surface area contributed by atoms with Crippen LogP contribution in [0.25, 0.3) is 0 Å². The highest BCUT2D eigenvalue weighted by Crippen LogP contribution is 2.67. The SMILES string of the molecule is CC(C)[C@H](NC(=O)CCC[C@H]1CC[C@H]2[C@@H]3CC[C@@H]4C[C@H](O)CC[C@]4(C)[C@H]3CC[C@]12C)C(=O)N[C@@H](CCC(=O)O)C(=O)O. The van der Waals surface area contributed by atoms with Crippen molar-refractivity contribution in [3.05, 3.63) is 0 Å². The Morgan fingerprint density at radius 1 is 0.857 bits per heavy atom. The zero-order valence-corrected chi connectivity index (χ0v) is 26.1. The molecule has 0 unspecified atom stereocenters. The summed E-state index contributed by atoms with van der Waals surface area (Å²) in [5.41, 5.74) is 0.691. The van der Waals surface area contributed by atoms with Gasteiger partial charge in [0.15, 0.2) is 0 Å². The van der Waals surface area contributed by atoms with E-state index < -0.39 is 29.9 Å². The highest BCUT2D eigenvalue weighted by atomic mass is 16.4. The van der Waals surface area contributed by atoms with Crippen LogP contribution in [0.15, 0.2) is 0 Å². The van der Waals surface area contributed by atoms with E-state index in [0.717, 1.165) is 49.9 Å². The number of hydrogen-bond donors (Lipinski definition) is 5. The van der Waals surface area contributed by atoms with E-state index in [1.807, 2.05) is 0 Å². The minimum Gasteiger partial charge on any atom is -0.481 e. The van der Waals surface area contributed by atoms with Crippen molar-refractivity contribution < 1.29 is 34.5 Å². The van der Waals surface area contributed by atoms with E-state index in [1.54, 1.807) is 13.8 Å². The average molecular weight is 591 g/mol. The van der Waals surface area contributed by atoms with Gasteiger partial charge in [0.05, 0.1) is 6.10 Å². The molecule has 0 spiro atoms. The van der Waals surface area contributed by atoms with E-state index in [-0.39, 0.29) is 30.8 Å². The molecule has 0 radical (unpaired) electrons. The van der Waals surface area contributed by atoms with Crippen molar-refractivity contribution in [1.29, 1.82) is 0 Å². The van der Waals surface area contributed by atoms with Gasteiger partial charge in [-0.25, -0.2) is 4.79 Å². The number of aliphatic hydroxyl groups excluding tert-OH is 1. The molecule has 4 aliphatic rings. The molecular formula is C33H54N2O7. The molecule has 9 heteroatoms. The molecule has 0 bridgehead atoms. The number of aliphatic carboxylic acids is 2. The maximum absolute atomic E-state index is 12.9. The third-order valence-electron chi connectivity index (χ3n) is 12.3. The summed E-state index contributed by atoms with van der Waals surface area (Å²) in [6.07, 6.45) is 12.1. The van der Waals surface area contributed by atoms with Crippen molar-refractivity contribution in [3.63, 3.8) is 0 Å². The van der Waals surface area contributed by atoms with Crippen LogP contribution in [-0.4, -0.2) is 57.3 Å². The summed E-state index contributed by atoms with van der Waals surface area (Å²) in [5.74, 6) is 0.0733. The second kappa shape index (κ2) is 13.2. The first-order valence-electron chi connectivity index (χ1n) is 16.5. The summed E-state index contributed by atoms with van der Waals surface area (Å²) in [7, 11) is 0. The van der Waals surface area contributed by atoms with Crippen LogP contribution in [0.3, 0.4) is 0 Å². The Balaban J connectivity index is 1.28. The van der Waals surface area contributed by atoms with Gasteiger partial charge in [0.1, 0.15) is 12.1 Å². The Kier molecular flexibility index (Phi) is 10.3. The van der Waals surface area contributed by atoms with E-state index in [4.69, 9.17) is 5.11 Å². The molecule has 4 fully saturated rings. The first-order chi connectivity index (χ1) is 19.8. The Bertz CT molecular complexity index is 1020. The summed E-state index contributed by atoms with van der Waals surface area (Å²) in [6.45, 7) is 8.61. The maximum Gasteiger partial charge on any atom is 0.326 e. The molecule has 10 atom stereocenters. The number of hydrogen-bond acceptors (Lipinski definition) is 5. The van der Waals surface area contributed by atoms with Crippen LogP contribution in [0.5, 0.6) is 0 Å². The number of carbonyl (C=O) groups is 4. The zero-order valence-electron chi connectivity index (χ0n) is 26.1. The van der Waals surface area contributed by atoms with Crippen molar-refractivity contribution in [3.8, 4) is 0 Å². The molecule has 238 valence electrons. The predicted molar refractivity (Wildman–Crippen MR) is 158 cm³/mol. The van der Waals surface area contributed by atoms with Crippen LogP contribution in [0.4, 0.5) is 0 Å². The minimum atomic E-state index is -1.32. The van der Waals surface area contributed by atoms with Crippen molar-refractivity contribution in [2.45, 2.75) is 136 Å². The first-order valence-corrected chi connectivity index (χ1v) is 16.5. The van der Waals surface area contributed by atoms with Gasteiger partial charge >= 0.3 is 11.9 Å². The molecule has 0 aliphatic heterocycles. The van der Waals surface area contributed by atoms with Crippen LogP contribution >= 0.6 is 0 Å². The van der Waals surface area contributed by atoms with E-state index in [9.17, 15) is 29.4 Å². The Morgan fingerprint density at radius 2 is 1.55 bits per heavy atom. The Labute approximate surface area is 251 Å². The van der Waals surface area contributed by atoms with Crippen LogP contribution in [0.1, 0.15) is 118 Å². The van der Waals surface area contributed by atoms with Gasteiger partial charge in [-0.3, -0.25) is 14.4 Å². The van der Waals surface area contributed by atoms with Gasteiger partial charge in [0.2, 0.25) is 11.8 Å². The molecule has 0 heterocycles. The molecule has 4 saturated carbocycles. The third kappa shape index (κ3) is 6.81. The number of carboxylic acid groups (broad SMARTS) is 2. The van der Waals surface area contributed by atoms with Gasteiger partial charge in [-0.05, 0) is 123 Å². The number of fused-ring (bicyclic) bond motifs is 5. The standard InChI is InChI=1S/C33H54N2O7/c1-19(2)29(30(40)34-26(31(41)42)12-13-28(38)39)35-27(37)7-5-6-20-9-11-24-23-10-8-21-18-22(36)14-16-33(21,4)25(23)15-17-32(20,24)3/h19-26,29,36H,5-18H2,1-4H3,(H,34,40)(H,35,37)(H,38,39)(H,41,42)/t20-,21+,22+,23-,24-,25-,26-,29-,32+,33-/m0/s1. The molecule has 0 aromatic carbocycles. The normalized spacial score (nSPS) is 37.1. The molecule has 4 aliphatic carbocycles. The van der Waals surface area contributed by atoms with Crippen molar-refractivity contribution in [2.75, 3.05) is 0 Å². The summed E-state index contributed by atoms with van der Waals surface area (Å²) in [6, 6.07) is -2.20. The zero-order chi connectivity index (χ0) is 30.8. The van der Waals surface area contributed by atoms with Gasteiger partial charge in [-0.15, -0.1) is 0 Å². The summed E-state index contributed by atoms with van der Waals surface area (Å²) >= 11 is 0. The fourth-order valence-corrected chi connectivity index (χ4v) is 9.89.